The summed E-state index contributed by atoms with van der Waals surface area (Å²) in [6, 6.07) is 7.99. The number of benzene rings is 2. The molecular formula is C24H18ClF3IN5O2S. The Kier molecular flexibility index (Phi) is 7.18. The van der Waals surface area contributed by atoms with Gasteiger partial charge in [0, 0.05) is 57.0 Å². The summed E-state index contributed by atoms with van der Waals surface area (Å²) in [7, 11) is -4.01. The van der Waals surface area contributed by atoms with Gasteiger partial charge in [0.15, 0.2) is 17.5 Å². The first-order valence-corrected chi connectivity index (χ1v) is 14.0. The zero-order chi connectivity index (χ0) is 26.3. The molecule has 0 saturated carbocycles. The van der Waals surface area contributed by atoms with E-state index in [1.54, 1.807) is 34.7 Å². The van der Waals surface area contributed by atoms with Crippen molar-refractivity contribution in [2.24, 2.45) is 0 Å². The molecule has 2 aromatic carbocycles. The predicted octanol–water partition coefficient (Wildman–Crippen LogP) is 6.03. The van der Waals surface area contributed by atoms with Crippen LogP contribution in [0.3, 0.4) is 0 Å². The van der Waals surface area contributed by atoms with Gasteiger partial charge in [-0.3, -0.25) is 9.71 Å². The van der Waals surface area contributed by atoms with E-state index in [1.165, 1.54) is 35.0 Å². The second-order valence-electron chi connectivity index (χ2n) is 8.32. The highest BCUT2D eigenvalue weighted by Gasteiger charge is 2.28. The standard InChI is InChI=1S/C24H18ClF3IN5O2S/c25-15-9-17(22(28)21(10-15)32-37(35,36)33-7-1-2-8-33)18-13-34(24-19(26)11-16(29)12-20(24)27)31-23(18)14-3-5-30-6-4-14/h3-6,9-13,32H,1-2,7-8H2. The average Bonchev–Trinajstić information content (AvgIpc) is 3.52. The molecule has 0 unspecified atom stereocenters. The lowest BCUT2D eigenvalue weighted by atomic mass is 10.0. The largest absolute Gasteiger partial charge is 0.301 e. The van der Waals surface area contributed by atoms with Gasteiger partial charge in [-0.15, -0.1) is 0 Å². The fourth-order valence-electron chi connectivity index (χ4n) is 4.15. The van der Waals surface area contributed by atoms with Crippen molar-refractivity contribution in [3.8, 4) is 28.1 Å². The summed E-state index contributed by atoms with van der Waals surface area (Å²) in [6.07, 6.45) is 5.69. The summed E-state index contributed by atoms with van der Waals surface area (Å²) in [6.45, 7) is 0.660. The van der Waals surface area contributed by atoms with E-state index in [0.29, 0.717) is 35.1 Å². The van der Waals surface area contributed by atoms with Crippen LogP contribution in [0, 0.1) is 21.0 Å². The number of hydrogen-bond acceptors (Lipinski definition) is 4. The van der Waals surface area contributed by atoms with Crippen LogP contribution >= 0.6 is 34.2 Å². The molecule has 5 rings (SSSR count). The van der Waals surface area contributed by atoms with Crippen LogP contribution in [0.25, 0.3) is 28.1 Å². The normalized spacial score (nSPS) is 14.3. The van der Waals surface area contributed by atoms with Crippen LogP contribution < -0.4 is 4.72 Å². The van der Waals surface area contributed by atoms with E-state index in [0.717, 1.165) is 16.8 Å². The smallest absolute Gasteiger partial charge is 0.268 e. The Hall–Kier alpha value is -2.68. The Morgan fingerprint density at radius 1 is 0.973 bits per heavy atom. The molecule has 0 bridgehead atoms. The SMILES string of the molecule is O=S(=O)(Nc1cc(Cl)cc(-c2cn(-c3c(F)cc(I)cc3F)nc2-c2ccncc2)c1F)N1CCCC1. The molecule has 13 heteroatoms. The van der Waals surface area contributed by atoms with Gasteiger partial charge >= 0.3 is 10.2 Å². The van der Waals surface area contributed by atoms with Gasteiger partial charge < -0.3 is 0 Å². The quantitative estimate of drug-likeness (QED) is 0.257. The number of hydrogen-bond donors (Lipinski definition) is 1. The molecule has 0 atom stereocenters. The summed E-state index contributed by atoms with van der Waals surface area (Å²) in [5.74, 6) is -2.62. The van der Waals surface area contributed by atoms with Crippen LogP contribution in [0.4, 0.5) is 18.9 Å². The van der Waals surface area contributed by atoms with Gasteiger partial charge in [0.1, 0.15) is 11.4 Å². The number of aromatic nitrogens is 3. The highest BCUT2D eigenvalue weighted by molar-refractivity contribution is 14.1. The van der Waals surface area contributed by atoms with Gasteiger partial charge in [0.2, 0.25) is 0 Å². The molecule has 0 amide bonds. The Morgan fingerprint density at radius 2 is 1.62 bits per heavy atom. The minimum Gasteiger partial charge on any atom is -0.268 e. The lowest BCUT2D eigenvalue weighted by molar-refractivity contribution is 0.482. The molecule has 1 saturated heterocycles. The van der Waals surface area contributed by atoms with E-state index >= 15 is 4.39 Å². The first kappa shape index (κ1) is 25.9. The molecule has 0 spiro atoms. The highest BCUT2D eigenvalue weighted by atomic mass is 127. The van der Waals surface area contributed by atoms with E-state index in [4.69, 9.17) is 11.6 Å². The summed E-state index contributed by atoms with van der Waals surface area (Å²) < 4.78 is 75.9. The van der Waals surface area contributed by atoms with Crippen molar-refractivity contribution in [1.82, 2.24) is 19.1 Å². The maximum atomic E-state index is 15.9. The molecule has 1 fully saturated rings. The van der Waals surface area contributed by atoms with Crippen molar-refractivity contribution in [2.75, 3.05) is 17.8 Å². The van der Waals surface area contributed by atoms with Gasteiger partial charge in [0.25, 0.3) is 0 Å². The van der Waals surface area contributed by atoms with Crippen molar-refractivity contribution in [3.05, 3.63) is 81.0 Å². The number of halogens is 5. The number of pyridine rings is 1. The molecule has 37 heavy (non-hydrogen) atoms. The molecule has 1 N–H and O–H groups in total. The lowest BCUT2D eigenvalue weighted by Crippen LogP contribution is -2.33. The van der Waals surface area contributed by atoms with Crippen LogP contribution in [0.2, 0.25) is 5.02 Å². The molecule has 7 nitrogen and oxygen atoms in total. The van der Waals surface area contributed by atoms with E-state index < -0.39 is 33.3 Å². The van der Waals surface area contributed by atoms with Gasteiger partial charge in [-0.1, -0.05) is 11.6 Å². The summed E-state index contributed by atoms with van der Waals surface area (Å²) in [5.41, 5.74) is -0.0714. The number of nitrogens with zero attached hydrogens (tertiary/aromatic N) is 4. The molecule has 3 heterocycles. The van der Waals surface area contributed by atoms with Crippen LogP contribution in [0.15, 0.2) is 55.0 Å². The minimum absolute atomic E-state index is 0.0515. The van der Waals surface area contributed by atoms with Crippen molar-refractivity contribution >= 4 is 50.1 Å². The van der Waals surface area contributed by atoms with Crippen LogP contribution in [0.5, 0.6) is 0 Å². The van der Waals surface area contributed by atoms with Crippen LogP contribution in [0.1, 0.15) is 12.8 Å². The van der Waals surface area contributed by atoms with Crippen molar-refractivity contribution in [2.45, 2.75) is 12.8 Å². The van der Waals surface area contributed by atoms with Crippen molar-refractivity contribution < 1.29 is 21.6 Å². The number of rotatable bonds is 6. The molecular weight excluding hydrogens is 642 g/mol. The summed E-state index contributed by atoms with van der Waals surface area (Å²) in [5, 5.41) is 4.42. The monoisotopic (exact) mass is 659 g/mol. The van der Waals surface area contributed by atoms with Gasteiger partial charge in [-0.05, 0) is 71.8 Å². The molecule has 192 valence electrons. The molecule has 0 radical (unpaired) electrons. The topological polar surface area (TPSA) is 80.1 Å². The highest BCUT2D eigenvalue weighted by Crippen LogP contribution is 2.38. The third-order valence-corrected chi connectivity index (χ3v) is 8.21. The van der Waals surface area contributed by atoms with Gasteiger partial charge in [0.05, 0.1) is 5.69 Å². The average molecular weight is 660 g/mol. The van der Waals surface area contributed by atoms with Gasteiger partial charge in [-0.2, -0.15) is 17.8 Å². The molecule has 4 aromatic rings. The van der Waals surface area contributed by atoms with Gasteiger partial charge in [-0.25, -0.2) is 17.9 Å². The molecule has 1 aliphatic rings. The fourth-order valence-corrected chi connectivity index (χ4v) is 6.21. The van der Waals surface area contributed by atoms with E-state index in [-0.39, 0.29) is 27.5 Å². The maximum Gasteiger partial charge on any atom is 0.301 e. The first-order chi connectivity index (χ1) is 17.6. The van der Waals surface area contributed by atoms with Crippen LogP contribution in [-0.4, -0.2) is 40.6 Å². The summed E-state index contributed by atoms with van der Waals surface area (Å²) in [4.78, 5) is 3.97. The Morgan fingerprint density at radius 3 is 2.27 bits per heavy atom. The van der Waals surface area contributed by atoms with Crippen molar-refractivity contribution in [3.63, 3.8) is 0 Å². The minimum atomic E-state index is -4.01. The number of anilines is 1. The maximum absolute atomic E-state index is 15.9. The first-order valence-electron chi connectivity index (χ1n) is 11.1. The fraction of sp³-hybridized carbons (Fsp3) is 0.167. The van der Waals surface area contributed by atoms with E-state index in [9.17, 15) is 17.2 Å². The van der Waals surface area contributed by atoms with E-state index in [1.807, 2.05) is 0 Å². The Balaban J connectivity index is 1.68. The lowest BCUT2D eigenvalue weighted by Gasteiger charge is -2.18. The zero-order valence-corrected chi connectivity index (χ0v) is 22.7. The molecule has 1 aliphatic heterocycles. The number of nitrogens with one attached hydrogen (secondary N) is 1. The third-order valence-electron chi connectivity index (χ3n) is 5.85. The Labute approximate surface area is 229 Å². The second kappa shape index (κ2) is 10.2. The van der Waals surface area contributed by atoms with Crippen molar-refractivity contribution in [1.29, 1.82) is 0 Å². The Bertz CT molecular complexity index is 1570. The second-order valence-corrected chi connectivity index (χ2v) is 11.7. The van der Waals surface area contributed by atoms with E-state index in [2.05, 4.69) is 14.8 Å². The molecule has 2 aromatic heterocycles. The zero-order valence-electron chi connectivity index (χ0n) is 18.9. The third kappa shape index (κ3) is 5.19. The predicted molar refractivity (Wildman–Crippen MR) is 143 cm³/mol. The summed E-state index contributed by atoms with van der Waals surface area (Å²) >= 11 is 8.07. The molecule has 0 aliphatic carbocycles. The van der Waals surface area contributed by atoms with Crippen LogP contribution in [-0.2, 0) is 10.2 Å².